The molecule has 0 aliphatic heterocycles. The normalized spacial score (nSPS) is 10.3. The number of hydrogen-bond donors (Lipinski definition) is 2. The van der Waals surface area contributed by atoms with Crippen molar-refractivity contribution in [3.63, 3.8) is 0 Å². The molecule has 1 amide bonds. The lowest BCUT2D eigenvalue weighted by molar-refractivity contribution is -0.120. The van der Waals surface area contributed by atoms with Crippen LogP contribution in [0.3, 0.4) is 0 Å². The predicted octanol–water partition coefficient (Wildman–Crippen LogP) is 3.79. The average Bonchev–Trinajstić information content (AvgIpc) is 2.63. The monoisotopic (exact) mass is 316 g/mol. The van der Waals surface area contributed by atoms with Crippen molar-refractivity contribution < 1.29 is 4.79 Å². The molecule has 0 fully saturated rings. The van der Waals surface area contributed by atoms with Gasteiger partial charge in [-0.15, -0.1) is 0 Å². The van der Waals surface area contributed by atoms with E-state index in [1.165, 1.54) is 11.1 Å². The molecule has 3 aromatic carbocycles. The Hall–Kier alpha value is -3.07. The van der Waals surface area contributed by atoms with Gasteiger partial charge in [-0.25, -0.2) is 0 Å². The summed E-state index contributed by atoms with van der Waals surface area (Å²) in [6.07, 6.45) is 0.363. The summed E-state index contributed by atoms with van der Waals surface area (Å²) in [4.78, 5) is 12.0. The van der Waals surface area contributed by atoms with Crippen LogP contribution in [0.15, 0.2) is 78.9 Å². The van der Waals surface area contributed by atoms with Gasteiger partial charge >= 0.3 is 0 Å². The van der Waals surface area contributed by atoms with Gasteiger partial charge in [0, 0.05) is 12.2 Å². The lowest BCUT2D eigenvalue weighted by atomic mass is 10.0. The largest absolute Gasteiger partial charge is 0.399 e. The second kappa shape index (κ2) is 7.47. The molecule has 0 heterocycles. The standard InChI is InChI=1S/C21H20N2O/c22-20-12-8-16(9-13-20)14-21(24)23-15-17-6-10-19(11-7-17)18-4-2-1-3-5-18/h1-13H,14-15,22H2,(H,23,24). The molecule has 120 valence electrons. The van der Waals surface area contributed by atoms with E-state index in [2.05, 4.69) is 29.6 Å². The van der Waals surface area contributed by atoms with E-state index in [9.17, 15) is 4.79 Å². The fraction of sp³-hybridized carbons (Fsp3) is 0.0952. The first kappa shape index (κ1) is 15.8. The van der Waals surface area contributed by atoms with E-state index in [1.54, 1.807) is 0 Å². The third-order valence-corrected chi connectivity index (χ3v) is 3.90. The summed E-state index contributed by atoms with van der Waals surface area (Å²) in [6.45, 7) is 0.531. The Morgan fingerprint density at radius 2 is 1.33 bits per heavy atom. The van der Waals surface area contributed by atoms with E-state index < -0.39 is 0 Å². The fourth-order valence-corrected chi connectivity index (χ4v) is 2.53. The Morgan fingerprint density at radius 1 is 0.750 bits per heavy atom. The highest BCUT2D eigenvalue weighted by molar-refractivity contribution is 5.78. The number of nitrogens with one attached hydrogen (secondary N) is 1. The molecule has 0 saturated carbocycles. The van der Waals surface area contributed by atoms with Crippen LogP contribution < -0.4 is 11.1 Å². The zero-order chi connectivity index (χ0) is 16.8. The summed E-state index contributed by atoms with van der Waals surface area (Å²) in [6, 6.07) is 25.9. The van der Waals surface area contributed by atoms with E-state index in [-0.39, 0.29) is 5.91 Å². The Labute approximate surface area is 142 Å². The summed E-state index contributed by atoms with van der Waals surface area (Å²) in [7, 11) is 0. The van der Waals surface area contributed by atoms with Gasteiger partial charge in [0.2, 0.25) is 5.91 Å². The van der Waals surface area contributed by atoms with E-state index in [1.807, 2.05) is 54.6 Å². The molecule has 3 rings (SSSR count). The van der Waals surface area contributed by atoms with Gasteiger partial charge in [0.05, 0.1) is 6.42 Å². The zero-order valence-corrected chi connectivity index (χ0v) is 13.4. The van der Waals surface area contributed by atoms with Crippen molar-refractivity contribution in [1.29, 1.82) is 0 Å². The van der Waals surface area contributed by atoms with Crippen LogP contribution in [0.2, 0.25) is 0 Å². The molecule has 0 bridgehead atoms. The highest BCUT2D eigenvalue weighted by Gasteiger charge is 2.04. The molecular formula is C21H20N2O. The van der Waals surface area contributed by atoms with E-state index >= 15 is 0 Å². The third-order valence-electron chi connectivity index (χ3n) is 3.90. The van der Waals surface area contributed by atoms with Crippen molar-refractivity contribution in [3.8, 4) is 11.1 Å². The lowest BCUT2D eigenvalue weighted by Gasteiger charge is -2.07. The number of hydrogen-bond acceptors (Lipinski definition) is 2. The van der Waals surface area contributed by atoms with Gasteiger partial charge in [-0.3, -0.25) is 4.79 Å². The maximum atomic E-state index is 12.0. The molecule has 0 aliphatic rings. The minimum Gasteiger partial charge on any atom is -0.399 e. The van der Waals surface area contributed by atoms with Crippen LogP contribution >= 0.6 is 0 Å². The number of rotatable bonds is 5. The van der Waals surface area contributed by atoms with Crippen molar-refractivity contribution in [3.05, 3.63) is 90.0 Å². The summed E-state index contributed by atoms with van der Waals surface area (Å²) in [5.41, 5.74) is 10.8. The van der Waals surface area contributed by atoms with Gasteiger partial charge < -0.3 is 11.1 Å². The molecule has 3 heteroatoms. The van der Waals surface area contributed by atoms with Crippen molar-refractivity contribution in [2.75, 3.05) is 5.73 Å². The lowest BCUT2D eigenvalue weighted by Crippen LogP contribution is -2.24. The first-order chi connectivity index (χ1) is 11.7. The third kappa shape index (κ3) is 4.23. The fourth-order valence-electron chi connectivity index (χ4n) is 2.53. The van der Waals surface area contributed by atoms with E-state index in [4.69, 9.17) is 5.73 Å². The van der Waals surface area contributed by atoms with Crippen LogP contribution in [0.1, 0.15) is 11.1 Å². The van der Waals surface area contributed by atoms with Gasteiger partial charge in [-0.1, -0.05) is 66.7 Å². The maximum Gasteiger partial charge on any atom is 0.224 e. The molecule has 0 aromatic heterocycles. The Bertz CT molecular complexity index is 794. The van der Waals surface area contributed by atoms with E-state index in [0.29, 0.717) is 18.7 Å². The minimum absolute atomic E-state index is 0.00640. The molecule has 0 unspecified atom stereocenters. The van der Waals surface area contributed by atoms with Crippen molar-refractivity contribution in [1.82, 2.24) is 5.32 Å². The minimum atomic E-state index is 0.00640. The van der Waals surface area contributed by atoms with Crippen LogP contribution in [-0.2, 0) is 17.8 Å². The smallest absolute Gasteiger partial charge is 0.224 e. The van der Waals surface area contributed by atoms with Gasteiger partial charge in [0.15, 0.2) is 0 Å². The molecular weight excluding hydrogens is 296 g/mol. The molecule has 3 N–H and O–H groups in total. The molecule has 0 spiro atoms. The van der Waals surface area contributed by atoms with Crippen molar-refractivity contribution in [2.45, 2.75) is 13.0 Å². The Morgan fingerprint density at radius 3 is 2.00 bits per heavy atom. The van der Waals surface area contributed by atoms with Crippen LogP contribution in [0.5, 0.6) is 0 Å². The van der Waals surface area contributed by atoms with E-state index in [0.717, 1.165) is 11.1 Å². The van der Waals surface area contributed by atoms with Crippen LogP contribution in [0.25, 0.3) is 11.1 Å². The molecule has 0 saturated heterocycles. The van der Waals surface area contributed by atoms with Crippen molar-refractivity contribution >= 4 is 11.6 Å². The quantitative estimate of drug-likeness (QED) is 0.704. The molecule has 24 heavy (non-hydrogen) atoms. The van der Waals surface area contributed by atoms with Gasteiger partial charge in [0.1, 0.15) is 0 Å². The Kier molecular flexibility index (Phi) is 4.92. The second-order valence-electron chi connectivity index (χ2n) is 5.76. The van der Waals surface area contributed by atoms with Gasteiger partial charge in [-0.05, 0) is 34.4 Å². The summed E-state index contributed by atoms with van der Waals surface area (Å²) in [5.74, 6) is 0.00640. The maximum absolute atomic E-state index is 12.0. The molecule has 3 nitrogen and oxygen atoms in total. The molecule has 0 atom stereocenters. The summed E-state index contributed by atoms with van der Waals surface area (Å²) >= 11 is 0. The number of benzene rings is 3. The van der Waals surface area contributed by atoms with Gasteiger partial charge in [-0.2, -0.15) is 0 Å². The highest BCUT2D eigenvalue weighted by atomic mass is 16.1. The van der Waals surface area contributed by atoms with Crippen molar-refractivity contribution in [2.24, 2.45) is 0 Å². The molecule has 0 radical (unpaired) electrons. The van der Waals surface area contributed by atoms with Crippen LogP contribution in [0.4, 0.5) is 5.69 Å². The topological polar surface area (TPSA) is 55.1 Å². The number of carbonyl (C=O) groups is 1. The number of amides is 1. The van der Waals surface area contributed by atoms with Crippen LogP contribution in [0, 0.1) is 0 Å². The van der Waals surface area contributed by atoms with Gasteiger partial charge in [0.25, 0.3) is 0 Å². The molecule has 3 aromatic rings. The Balaban J connectivity index is 1.54. The highest BCUT2D eigenvalue weighted by Crippen LogP contribution is 2.19. The zero-order valence-electron chi connectivity index (χ0n) is 13.4. The average molecular weight is 316 g/mol. The number of nitrogen functional groups attached to an aromatic ring is 1. The second-order valence-corrected chi connectivity index (χ2v) is 5.76. The first-order valence-electron chi connectivity index (χ1n) is 7.96. The molecule has 0 aliphatic carbocycles. The number of anilines is 1. The predicted molar refractivity (Wildman–Crippen MR) is 98.3 cm³/mol. The summed E-state index contributed by atoms with van der Waals surface area (Å²) < 4.78 is 0. The number of carbonyl (C=O) groups excluding carboxylic acids is 1. The number of nitrogens with two attached hydrogens (primary N) is 1. The first-order valence-corrected chi connectivity index (χ1v) is 7.96. The summed E-state index contributed by atoms with van der Waals surface area (Å²) in [5, 5.41) is 2.95. The van der Waals surface area contributed by atoms with Crippen LogP contribution in [-0.4, -0.2) is 5.91 Å². The SMILES string of the molecule is Nc1ccc(CC(=O)NCc2ccc(-c3ccccc3)cc2)cc1.